The Morgan fingerprint density at radius 3 is 2.48 bits per heavy atom. The van der Waals surface area contributed by atoms with Crippen molar-refractivity contribution in [3.63, 3.8) is 0 Å². The Kier molecular flexibility index (Phi) is 7.40. The SMILES string of the molecule is CCC(C)N(C)c1cc(CCOC(=O)C(C)C(C)C)ccc1O. The van der Waals surface area contributed by atoms with E-state index < -0.39 is 0 Å². The topological polar surface area (TPSA) is 49.8 Å². The average molecular weight is 321 g/mol. The fourth-order valence-corrected chi connectivity index (χ4v) is 2.19. The highest BCUT2D eigenvalue weighted by Gasteiger charge is 2.18. The standard InChI is InChI=1S/C19H31NO3/c1-7-14(4)20(6)17-12-16(8-9-18(17)21)10-11-23-19(22)15(5)13(2)3/h8-9,12-15,21H,7,10-11H2,1-6H3. The number of benzene rings is 1. The molecule has 1 aromatic carbocycles. The molecule has 0 radical (unpaired) electrons. The summed E-state index contributed by atoms with van der Waals surface area (Å²) < 4.78 is 5.35. The first-order valence-corrected chi connectivity index (χ1v) is 8.49. The normalized spacial score (nSPS) is 13.7. The monoisotopic (exact) mass is 321 g/mol. The lowest BCUT2D eigenvalue weighted by Crippen LogP contribution is -2.28. The predicted molar refractivity (Wildman–Crippen MR) is 94.9 cm³/mol. The van der Waals surface area contributed by atoms with Crippen molar-refractivity contribution in [3.8, 4) is 5.75 Å². The molecule has 0 spiro atoms. The Labute approximate surface area is 140 Å². The number of esters is 1. The number of hydrogen-bond donors (Lipinski definition) is 1. The van der Waals surface area contributed by atoms with Crippen molar-refractivity contribution in [2.45, 2.75) is 53.5 Å². The largest absolute Gasteiger partial charge is 0.506 e. The molecule has 0 aliphatic rings. The van der Waals surface area contributed by atoms with E-state index in [0.29, 0.717) is 19.1 Å². The first-order valence-electron chi connectivity index (χ1n) is 8.49. The third-order valence-corrected chi connectivity index (χ3v) is 4.68. The summed E-state index contributed by atoms with van der Waals surface area (Å²) in [5.41, 5.74) is 1.87. The minimum absolute atomic E-state index is 0.0816. The summed E-state index contributed by atoms with van der Waals surface area (Å²) in [7, 11) is 1.98. The minimum atomic E-state index is -0.143. The number of carbonyl (C=O) groups is 1. The van der Waals surface area contributed by atoms with Gasteiger partial charge in [-0.2, -0.15) is 0 Å². The maximum Gasteiger partial charge on any atom is 0.308 e. The van der Waals surface area contributed by atoms with Crippen LogP contribution in [0.5, 0.6) is 5.75 Å². The van der Waals surface area contributed by atoms with Gasteiger partial charge >= 0.3 is 5.97 Å². The Balaban J connectivity index is 2.67. The van der Waals surface area contributed by atoms with Gasteiger partial charge in [0.05, 0.1) is 18.2 Å². The summed E-state index contributed by atoms with van der Waals surface area (Å²) in [5, 5.41) is 10.1. The van der Waals surface area contributed by atoms with Crippen molar-refractivity contribution >= 4 is 11.7 Å². The van der Waals surface area contributed by atoms with Crippen molar-refractivity contribution < 1.29 is 14.6 Å². The molecule has 0 aliphatic heterocycles. The average Bonchev–Trinajstić information content (AvgIpc) is 2.53. The Hall–Kier alpha value is -1.71. The van der Waals surface area contributed by atoms with Gasteiger partial charge in [0.2, 0.25) is 0 Å². The second-order valence-electron chi connectivity index (χ2n) is 6.64. The molecule has 4 heteroatoms. The van der Waals surface area contributed by atoms with E-state index >= 15 is 0 Å². The van der Waals surface area contributed by atoms with Crippen LogP contribution in [0.15, 0.2) is 18.2 Å². The highest BCUT2D eigenvalue weighted by Crippen LogP contribution is 2.29. The summed E-state index contributed by atoms with van der Waals surface area (Å²) in [6.07, 6.45) is 1.66. The molecule has 0 heterocycles. The van der Waals surface area contributed by atoms with E-state index in [9.17, 15) is 9.90 Å². The third-order valence-electron chi connectivity index (χ3n) is 4.68. The molecule has 0 aliphatic carbocycles. The Bertz CT molecular complexity index is 513. The number of phenolic OH excluding ortho intramolecular Hbond substituents is 1. The molecular formula is C19H31NO3. The van der Waals surface area contributed by atoms with E-state index in [2.05, 4.69) is 18.7 Å². The number of phenols is 1. The van der Waals surface area contributed by atoms with E-state index in [0.717, 1.165) is 17.7 Å². The van der Waals surface area contributed by atoms with Crippen LogP contribution in [0.3, 0.4) is 0 Å². The first kappa shape index (κ1) is 19.3. The first-order chi connectivity index (χ1) is 10.8. The maximum atomic E-state index is 11.9. The molecule has 1 rings (SSSR count). The quantitative estimate of drug-likeness (QED) is 0.735. The van der Waals surface area contributed by atoms with Gasteiger partial charge in [0.15, 0.2) is 0 Å². The summed E-state index contributed by atoms with van der Waals surface area (Å²) in [6.45, 7) is 10.5. The number of anilines is 1. The zero-order chi connectivity index (χ0) is 17.6. The maximum absolute atomic E-state index is 11.9. The van der Waals surface area contributed by atoms with Crippen molar-refractivity contribution in [2.75, 3.05) is 18.6 Å². The molecule has 2 atom stereocenters. The molecule has 2 unspecified atom stereocenters. The van der Waals surface area contributed by atoms with Crippen LogP contribution in [-0.4, -0.2) is 30.8 Å². The van der Waals surface area contributed by atoms with Crippen molar-refractivity contribution in [1.82, 2.24) is 0 Å². The number of ether oxygens (including phenoxy) is 1. The van der Waals surface area contributed by atoms with Crippen molar-refractivity contribution in [2.24, 2.45) is 11.8 Å². The van der Waals surface area contributed by atoms with Gasteiger partial charge in [0, 0.05) is 19.5 Å². The fourth-order valence-electron chi connectivity index (χ4n) is 2.19. The second kappa shape index (κ2) is 8.80. The summed E-state index contributed by atoms with van der Waals surface area (Å²) in [6, 6.07) is 5.91. The molecule has 0 saturated heterocycles. The molecule has 0 fully saturated rings. The number of aromatic hydroxyl groups is 1. The molecule has 1 N–H and O–H groups in total. The zero-order valence-electron chi connectivity index (χ0n) is 15.3. The number of rotatable bonds is 8. The van der Waals surface area contributed by atoms with Gasteiger partial charge in [-0.15, -0.1) is 0 Å². The van der Waals surface area contributed by atoms with E-state index in [1.807, 2.05) is 40.0 Å². The van der Waals surface area contributed by atoms with Crippen LogP contribution in [0.1, 0.15) is 46.6 Å². The van der Waals surface area contributed by atoms with Crippen LogP contribution in [0.25, 0.3) is 0 Å². The van der Waals surface area contributed by atoms with E-state index in [-0.39, 0.29) is 23.6 Å². The molecule has 130 valence electrons. The van der Waals surface area contributed by atoms with Gasteiger partial charge < -0.3 is 14.7 Å². The lowest BCUT2D eigenvalue weighted by Gasteiger charge is -2.27. The molecule has 0 saturated carbocycles. The number of nitrogens with zero attached hydrogens (tertiary/aromatic N) is 1. The van der Waals surface area contributed by atoms with Crippen LogP contribution in [-0.2, 0) is 16.0 Å². The lowest BCUT2D eigenvalue weighted by atomic mass is 9.99. The van der Waals surface area contributed by atoms with Crippen LogP contribution in [0.2, 0.25) is 0 Å². The van der Waals surface area contributed by atoms with Gasteiger partial charge in [0.1, 0.15) is 5.75 Å². The molecule has 0 aromatic heterocycles. The molecule has 23 heavy (non-hydrogen) atoms. The van der Waals surface area contributed by atoms with E-state index in [1.54, 1.807) is 6.07 Å². The Morgan fingerprint density at radius 1 is 1.26 bits per heavy atom. The Morgan fingerprint density at radius 2 is 1.91 bits per heavy atom. The lowest BCUT2D eigenvalue weighted by molar-refractivity contribution is -0.149. The van der Waals surface area contributed by atoms with Gasteiger partial charge in [-0.05, 0) is 37.0 Å². The van der Waals surface area contributed by atoms with E-state index in [1.165, 1.54) is 0 Å². The van der Waals surface area contributed by atoms with Crippen molar-refractivity contribution in [1.29, 1.82) is 0 Å². The van der Waals surface area contributed by atoms with Gasteiger partial charge in [-0.3, -0.25) is 4.79 Å². The summed E-state index contributed by atoms with van der Waals surface area (Å²) >= 11 is 0. The van der Waals surface area contributed by atoms with Crippen molar-refractivity contribution in [3.05, 3.63) is 23.8 Å². The zero-order valence-corrected chi connectivity index (χ0v) is 15.3. The van der Waals surface area contributed by atoms with Gasteiger partial charge in [0.25, 0.3) is 0 Å². The van der Waals surface area contributed by atoms with Crippen LogP contribution >= 0.6 is 0 Å². The smallest absolute Gasteiger partial charge is 0.308 e. The van der Waals surface area contributed by atoms with Crippen LogP contribution < -0.4 is 4.90 Å². The molecule has 0 bridgehead atoms. The fraction of sp³-hybridized carbons (Fsp3) is 0.632. The highest BCUT2D eigenvalue weighted by molar-refractivity contribution is 5.72. The van der Waals surface area contributed by atoms with Gasteiger partial charge in [-0.1, -0.05) is 33.8 Å². The second-order valence-corrected chi connectivity index (χ2v) is 6.64. The van der Waals surface area contributed by atoms with Crippen LogP contribution in [0.4, 0.5) is 5.69 Å². The number of hydrogen-bond acceptors (Lipinski definition) is 4. The molecular weight excluding hydrogens is 290 g/mol. The molecule has 4 nitrogen and oxygen atoms in total. The molecule has 0 amide bonds. The highest BCUT2D eigenvalue weighted by atomic mass is 16.5. The summed E-state index contributed by atoms with van der Waals surface area (Å²) in [4.78, 5) is 13.9. The summed E-state index contributed by atoms with van der Waals surface area (Å²) in [5.74, 6) is 0.339. The van der Waals surface area contributed by atoms with Gasteiger partial charge in [-0.25, -0.2) is 0 Å². The molecule has 1 aromatic rings. The van der Waals surface area contributed by atoms with E-state index in [4.69, 9.17) is 4.74 Å². The minimum Gasteiger partial charge on any atom is -0.506 e. The van der Waals surface area contributed by atoms with Crippen LogP contribution in [0, 0.1) is 11.8 Å². The predicted octanol–water partition coefficient (Wildman–Crippen LogP) is 4.00. The number of carbonyl (C=O) groups excluding carboxylic acids is 1. The third kappa shape index (κ3) is 5.45.